The third kappa shape index (κ3) is 4.53. The zero-order valence-corrected chi connectivity index (χ0v) is 19.6. The topological polar surface area (TPSA) is 35.6 Å². The van der Waals surface area contributed by atoms with Crippen molar-refractivity contribution in [2.45, 2.75) is 57.0 Å². The van der Waals surface area contributed by atoms with E-state index in [1.54, 1.807) is 0 Å². The first-order chi connectivity index (χ1) is 15.7. The number of hydrogen-bond acceptors (Lipinski definition) is 4. The molecule has 0 bridgehead atoms. The number of ketones is 1. The van der Waals surface area contributed by atoms with Crippen molar-refractivity contribution in [3.63, 3.8) is 0 Å². The zero-order chi connectivity index (χ0) is 21.9. The Morgan fingerprint density at radius 3 is 2.41 bits per heavy atom. The average Bonchev–Trinajstić information content (AvgIpc) is 2.85. The Bertz CT molecular complexity index is 934. The molecule has 3 aliphatic rings. The summed E-state index contributed by atoms with van der Waals surface area (Å²) in [7, 11) is 0. The Morgan fingerprint density at radius 2 is 1.62 bits per heavy atom. The number of hydrogen-bond donors (Lipinski definition) is 1. The number of Topliss-reactive ketones (excluding diaryl/α,β-unsaturated/α-hetero) is 1. The monoisotopic (exact) mass is 451 g/mol. The molecule has 1 saturated heterocycles. The summed E-state index contributed by atoms with van der Waals surface area (Å²) in [6.07, 6.45) is 7.87. The Morgan fingerprint density at radius 1 is 0.906 bits per heavy atom. The standard InChI is InChI=1S/C27H34ClN3O/c28-22-11-5-7-13-25(22)30-16-18-31(19-17-30)26(27(32)21-9-2-1-3-10-21)24-15-14-20-8-4-6-12-23(20)29-24/h4-8,11-13,21,24,26,29H,1-3,9-10,14-19H2. The second-order valence-corrected chi connectivity index (χ2v) is 10.0. The van der Waals surface area contributed by atoms with Crippen molar-refractivity contribution in [2.24, 2.45) is 5.92 Å². The van der Waals surface area contributed by atoms with E-state index in [0.717, 1.165) is 62.6 Å². The van der Waals surface area contributed by atoms with Gasteiger partial charge in [0.05, 0.1) is 16.8 Å². The van der Waals surface area contributed by atoms with Gasteiger partial charge in [0, 0.05) is 43.8 Å². The lowest BCUT2D eigenvalue weighted by molar-refractivity contribution is -0.130. The summed E-state index contributed by atoms with van der Waals surface area (Å²) in [6.45, 7) is 3.60. The van der Waals surface area contributed by atoms with Crippen LogP contribution in [0.4, 0.5) is 11.4 Å². The Hall–Kier alpha value is -2.04. The number of carbonyl (C=O) groups is 1. The van der Waals surface area contributed by atoms with Gasteiger partial charge in [0.1, 0.15) is 0 Å². The van der Waals surface area contributed by atoms with Crippen LogP contribution in [-0.4, -0.2) is 48.9 Å². The highest BCUT2D eigenvalue weighted by molar-refractivity contribution is 6.33. The molecule has 2 aliphatic heterocycles. The summed E-state index contributed by atoms with van der Waals surface area (Å²) >= 11 is 6.46. The van der Waals surface area contributed by atoms with E-state index in [2.05, 4.69) is 45.4 Å². The molecule has 4 nitrogen and oxygen atoms in total. The lowest BCUT2D eigenvalue weighted by Gasteiger charge is -2.45. The lowest BCUT2D eigenvalue weighted by Crippen LogP contribution is -2.60. The predicted octanol–water partition coefficient (Wildman–Crippen LogP) is 5.41. The molecule has 2 aromatic rings. The van der Waals surface area contributed by atoms with Crippen LogP contribution in [0.2, 0.25) is 5.02 Å². The van der Waals surface area contributed by atoms with Crippen LogP contribution in [0.25, 0.3) is 0 Å². The van der Waals surface area contributed by atoms with E-state index in [1.165, 1.54) is 30.5 Å². The van der Waals surface area contributed by atoms with Crippen LogP contribution < -0.4 is 10.2 Å². The van der Waals surface area contributed by atoms with Crippen LogP contribution >= 0.6 is 11.6 Å². The van der Waals surface area contributed by atoms with Crippen LogP contribution in [0.1, 0.15) is 44.1 Å². The van der Waals surface area contributed by atoms with E-state index >= 15 is 0 Å². The van der Waals surface area contributed by atoms with Crippen molar-refractivity contribution < 1.29 is 4.79 Å². The molecule has 2 heterocycles. The molecule has 1 N–H and O–H groups in total. The van der Waals surface area contributed by atoms with Crippen molar-refractivity contribution in [1.29, 1.82) is 0 Å². The van der Waals surface area contributed by atoms with Gasteiger partial charge in [-0.05, 0) is 49.4 Å². The largest absolute Gasteiger partial charge is 0.380 e. The molecule has 170 valence electrons. The number of piperazine rings is 1. The first-order valence-corrected chi connectivity index (χ1v) is 12.7. The van der Waals surface area contributed by atoms with Gasteiger partial charge >= 0.3 is 0 Å². The van der Waals surface area contributed by atoms with E-state index < -0.39 is 0 Å². The molecule has 32 heavy (non-hydrogen) atoms. The molecule has 0 amide bonds. The summed E-state index contributed by atoms with van der Waals surface area (Å²) in [4.78, 5) is 18.7. The van der Waals surface area contributed by atoms with Crippen LogP contribution in [0, 0.1) is 5.92 Å². The van der Waals surface area contributed by atoms with E-state index in [9.17, 15) is 4.79 Å². The first kappa shape index (κ1) is 21.8. The number of benzene rings is 2. The number of rotatable bonds is 5. The fourth-order valence-corrected chi connectivity index (χ4v) is 6.16. The second-order valence-electron chi connectivity index (χ2n) is 9.60. The van der Waals surface area contributed by atoms with Gasteiger partial charge in [0.25, 0.3) is 0 Å². The number of aryl methyl sites for hydroxylation is 1. The minimum absolute atomic E-state index is 0.0418. The number of anilines is 2. The zero-order valence-electron chi connectivity index (χ0n) is 18.8. The summed E-state index contributed by atoms with van der Waals surface area (Å²) in [6, 6.07) is 16.8. The number of halogens is 1. The summed E-state index contributed by atoms with van der Waals surface area (Å²) < 4.78 is 0. The molecule has 2 unspecified atom stereocenters. The number of carbonyl (C=O) groups excluding carboxylic acids is 1. The molecule has 1 aliphatic carbocycles. The highest BCUT2D eigenvalue weighted by Gasteiger charge is 2.40. The molecule has 0 aromatic heterocycles. The molecule has 2 atom stereocenters. The van der Waals surface area contributed by atoms with E-state index in [4.69, 9.17) is 11.6 Å². The van der Waals surface area contributed by atoms with Crippen molar-refractivity contribution in [2.75, 3.05) is 36.4 Å². The smallest absolute Gasteiger partial charge is 0.155 e. The lowest BCUT2D eigenvalue weighted by atomic mass is 9.80. The minimum atomic E-state index is -0.0418. The maximum atomic E-state index is 13.9. The Balaban J connectivity index is 1.34. The summed E-state index contributed by atoms with van der Waals surface area (Å²) in [5.74, 6) is 0.710. The molecular formula is C27H34ClN3O. The van der Waals surface area contributed by atoms with Gasteiger partial charge in [-0.2, -0.15) is 0 Å². The van der Waals surface area contributed by atoms with Crippen molar-refractivity contribution in [1.82, 2.24) is 4.90 Å². The third-order valence-corrected chi connectivity index (χ3v) is 7.98. The predicted molar refractivity (Wildman–Crippen MR) is 133 cm³/mol. The normalized spacial score (nSPS) is 23.3. The molecule has 1 saturated carbocycles. The molecular weight excluding hydrogens is 418 g/mol. The molecule has 5 heteroatoms. The fourth-order valence-electron chi connectivity index (χ4n) is 5.91. The van der Waals surface area contributed by atoms with Crippen molar-refractivity contribution in [3.8, 4) is 0 Å². The molecule has 2 fully saturated rings. The SMILES string of the molecule is O=C(C1CCCCC1)C(C1CCc2ccccc2N1)N1CCN(c2ccccc2Cl)CC1. The number of nitrogens with one attached hydrogen (secondary N) is 1. The second kappa shape index (κ2) is 9.84. The molecule has 2 aromatic carbocycles. The van der Waals surface area contributed by atoms with Gasteiger partial charge in [-0.25, -0.2) is 0 Å². The van der Waals surface area contributed by atoms with Crippen molar-refractivity contribution in [3.05, 3.63) is 59.1 Å². The molecule has 0 radical (unpaired) electrons. The van der Waals surface area contributed by atoms with Crippen LogP contribution in [0.15, 0.2) is 48.5 Å². The molecule has 0 spiro atoms. The van der Waals surface area contributed by atoms with E-state index in [-0.39, 0.29) is 18.0 Å². The van der Waals surface area contributed by atoms with Gasteiger partial charge in [-0.3, -0.25) is 9.69 Å². The van der Waals surface area contributed by atoms with Gasteiger partial charge in [-0.15, -0.1) is 0 Å². The van der Waals surface area contributed by atoms with Crippen LogP contribution in [0.3, 0.4) is 0 Å². The number of fused-ring (bicyclic) bond motifs is 1. The Kier molecular flexibility index (Phi) is 6.70. The average molecular weight is 452 g/mol. The van der Waals surface area contributed by atoms with Gasteiger partial charge in [-0.1, -0.05) is 61.2 Å². The summed E-state index contributed by atoms with van der Waals surface area (Å²) in [5, 5.41) is 4.58. The highest BCUT2D eigenvalue weighted by Crippen LogP contribution is 2.33. The van der Waals surface area contributed by atoms with E-state index in [0.29, 0.717) is 5.78 Å². The minimum Gasteiger partial charge on any atom is -0.380 e. The van der Waals surface area contributed by atoms with Crippen LogP contribution in [-0.2, 0) is 11.2 Å². The van der Waals surface area contributed by atoms with Gasteiger partial charge in [0.15, 0.2) is 5.78 Å². The number of para-hydroxylation sites is 2. The van der Waals surface area contributed by atoms with Gasteiger partial charge < -0.3 is 10.2 Å². The highest BCUT2D eigenvalue weighted by atomic mass is 35.5. The van der Waals surface area contributed by atoms with Gasteiger partial charge in [0.2, 0.25) is 0 Å². The van der Waals surface area contributed by atoms with Crippen LogP contribution in [0.5, 0.6) is 0 Å². The van der Waals surface area contributed by atoms with Crippen molar-refractivity contribution >= 4 is 28.8 Å². The molecule has 5 rings (SSSR count). The fraction of sp³-hybridized carbons (Fsp3) is 0.519. The first-order valence-electron chi connectivity index (χ1n) is 12.3. The maximum absolute atomic E-state index is 13.9. The number of nitrogens with zero attached hydrogens (tertiary/aromatic N) is 2. The van der Waals surface area contributed by atoms with E-state index in [1.807, 2.05) is 18.2 Å². The quantitative estimate of drug-likeness (QED) is 0.659. The summed E-state index contributed by atoms with van der Waals surface area (Å²) in [5.41, 5.74) is 3.68. The maximum Gasteiger partial charge on any atom is 0.155 e. The Labute approximate surface area is 196 Å². The third-order valence-electron chi connectivity index (χ3n) is 7.66.